The third-order valence-electron chi connectivity index (χ3n) is 5.24. The molecule has 146 valence electrons. The van der Waals surface area contributed by atoms with Gasteiger partial charge in [-0.05, 0) is 33.1 Å². The Morgan fingerprint density at radius 3 is 2.81 bits per heavy atom. The molecule has 1 atom stereocenters. The van der Waals surface area contributed by atoms with Crippen LogP contribution in [0.5, 0.6) is 5.88 Å². The van der Waals surface area contributed by atoms with E-state index in [1.165, 1.54) is 0 Å². The number of likely N-dealkylation sites (tertiary alicyclic amines) is 1. The first-order valence-corrected chi connectivity index (χ1v) is 9.50. The standard InChI is InChI=1S/C19H28N6O2/c1-5-13(2)25-14(3)16(12-21-25)18(26)24-10-7-15(8-11-24)22-19-20-9-6-17(23-19)27-4/h6,9,12-13,15H,5,7-8,10-11H2,1-4H3,(H,20,22,23)/t13-/m1/s1. The summed E-state index contributed by atoms with van der Waals surface area (Å²) in [5.74, 6) is 1.16. The van der Waals surface area contributed by atoms with Crippen LogP contribution in [-0.4, -0.2) is 56.8 Å². The minimum Gasteiger partial charge on any atom is -0.481 e. The van der Waals surface area contributed by atoms with Gasteiger partial charge < -0.3 is 15.0 Å². The Bertz CT molecular complexity index is 782. The van der Waals surface area contributed by atoms with Gasteiger partial charge in [0.2, 0.25) is 11.8 Å². The lowest BCUT2D eigenvalue weighted by atomic mass is 10.0. The molecule has 1 aliphatic rings. The zero-order chi connectivity index (χ0) is 19.4. The van der Waals surface area contributed by atoms with Gasteiger partial charge in [0.25, 0.3) is 5.91 Å². The molecule has 2 aromatic heterocycles. The minimum absolute atomic E-state index is 0.0677. The molecule has 27 heavy (non-hydrogen) atoms. The number of hydrogen-bond donors (Lipinski definition) is 1. The van der Waals surface area contributed by atoms with Crippen LogP contribution in [0.15, 0.2) is 18.5 Å². The number of rotatable bonds is 6. The van der Waals surface area contributed by atoms with Crippen molar-refractivity contribution in [1.29, 1.82) is 0 Å². The quantitative estimate of drug-likeness (QED) is 0.839. The molecule has 3 rings (SSSR count). The van der Waals surface area contributed by atoms with E-state index in [1.54, 1.807) is 25.6 Å². The lowest BCUT2D eigenvalue weighted by Gasteiger charge is -2.32. The number of methoxy groups -OCH3 is 1. The molecule has 0 aliphatic carbocycles. The zero-order valence-corrected chi connectivity index (χ0v) is 16.5. The summed E-state index contributed by atoms with van der Waals surface area (Å²) < 4.78 is 7.07. The fourth-order valence-electron chi connectivity index (χ4n) is 3.36. The van der Waals surface area contributed by atoms with Gasteiger partial charge in [0.05, 0.1) is 18.9 Å². The van der Waals surface area contributed by atoms with Crippen LogP contribution in [-0.2, 0) is 0 Å². The first-order valence-electron chi connectivity index (χ1n) is 9.50. The highest BCUT2D eigenvalue weighted by Gasteiger charge is 2.26. The van der Waals surface area contributed by atoms with E-state index < -0.39 is 0 Å². The maximum Gasteiger partial charge on any atom is 0.257 e. The van der Waals surface area contributed by atoms with E-state index >= 15 is 0 Å². The molecule has 1 amide bonds. The molecule has 8 nitrogen and oxygen atoms in total. The Morgan fingerprint density at radius 1 is 1.41 bits per heavy atom. The lowest BCUT2D eigenvalue weighted by Crippen LogP contribution is -2.42. The number of nitrogens with one attached hydrogen (secondary N) is 1. The second-order valence-electron chi connectivity index (χ2n) is 6.98. The van der Waals surface area contributed by atoms with Crippen LogP contribution in [0.3, 0.4) is 0 Å². The van der Waals surface area contributed by atoms with Gasteiger partial charge in [-0.3, -0.25) is 9.48 Å². The van der Waals surface area contributed by atoms with Gasteiger partial charge in [-0.1, -0.05) is 6.92 Å². The molecule has 1 fully saturated rings. The van der Waals surface area contributed by atoms with E-state index in [0.717, 1.165) is 25.0 Å². The molecular weight excluding hydrogens is 344 g/mol. The zero-order valence-electron chi connectivity index (χ0n) is 16.5. The molecule has 0 unspecified atom stereocenters. The first-order chi connectivity index (χ1) is 13.0. The normalized spacial score (nSPS) is 16.2. The van der Waals surface area contributed by atoms with Crippen LogP contribution < -0.4 is 10.1 Å². The molecule has 0 spiro atoms. The summed E-state index contributed by atoms with van der Waals surface area (Å²) in [5, 5.41) is 7.75. The van der Waals surface area contributed by atoms with Crippen LogP contribution in [0.2, 0.25) is 0 Å². The predicted octanol–water partition coefficient (Wildman–Crippen LogP) is 2.68. The second kappa shape index (κ2) is 8.37. The van der Waals surface area contributed by atoms with Crippen LogP contribution in [0.25, 0.3) is 0 Å². The maximum absolute atomic E-state index is 12.9. The van der Waals surface area contributed by atoms with Gasteiger partial charge in [-0.15, -0.1) is 0 Å². The highest BCUT2D eigenvalue weighted by molar-refractivity contribution is 5.95. The lowest BCUT2D eigenvalue weighted by molar-refractivity contribution is 0.0717. The Labute approximate surface area is 159 Å². The van der Waals surface area contributed by atoms with Crippen LogP contribution >= 0.6 is 0 Å². The van der Waals surface area contributed by atoms with Gasteiger partial charge in [-0.25, -0.2) is 4.98 Å². The molecule has 1 saturated heterocycles. The predicted molar refractivity (Wildman–Crippen MR) is 103 cm³/mol. The molecule has 8 heteroatoms. The number of carbonyl (C=O) groups is 1. The molecule has 0 bridgehead atoms. The summed E-state index contributed by atoms with van der Waals surface area (Å²) in [7, 11) is 1.58. The average Bonchev–Trinajstić information content (AvgIpc) is 3.09. The van der Waals surface area contributed by atoms with Crippen molar-refractivity contribution < 1.29 is 9.53 Å². The Morgan fingerprint density at radius 2 is 2.15 bits per heavy atom. The van der Waals surface area contributed by atoms with E-state index in [1.807, 2.05) is 16.5 Å². The summed E-state index contributed by atoms with van der Waals surface area (Å²) in [5.41, 5.74) is 1.65. The largest absolute Gasteiger partial charge is 0.481 e. The average molecular weight is 372 g/mol. The van der Waals surface area contributed by atoms with E-state index in [4.69, 9.17) is 4.74 Å². The molecule has 0 radical (unpaired) electrons. The van der Waals surface area contributed by atoms with Gasteiger partial charge >= 0.3 is 0 Å². The summed E-state index contributed by atoms with van der Waals surface area (Å²) >= 11 is 0. The molecule has 3 heterocycles. The molecular formula is C19H28N6O2. The van der Waals surface area contributed by atoms with Gasteiger partial charge in [0.15, 0.2) is 0 Å². The summed E-state index contributed by atoms with van der Waals surface area (Å²) in [6.45, 7) is 7.62. The van der Waals surface area contributed by atoms with Gasteiger partial charge in [0, 0.05) is 43.1 Å². The van der Waals surface area contributed by atoms with E-state index in [2.05, 4.69) is 34.2 Å². The fraction of sp³-hybridized carbons (Fsp3) is 0.579. The summed E-state index contributed by atoms with van der Waals surface area (Å²) in [4.78, 5) is 23.3. The Hall–Kier alpha value is -2.64. The van der Waals surface area contributed by atoms with Crippen molar-refractivity contribution in [2.45, 2.75) is 52.1 Å². The third-order valence-corrected chi connectivity index (χ3v) is 5.24. The van der Waals surface area contributed by atoms with E-state index in [-0.39, 0.29) is 11.9 Å². The maximum atomic E-state index is 12.9. The molecule has 1 N–H and O–H groups in total. The van der Waals surface area contributed by atoms with E-state index in [9.17, 15) is 4.79 Å². The van der Waals surface area contributed by atoms with Crippen molar-refractivity contribution in [2.75, 3.05) is 25.5 Å². The summed E-state index contributed by atoms with van der Waals surface area (Å²) in [6.07, 6.45) is 6.07. The smallest absolute Gasteiger partial charge is 0.257 e. The SMILES string of the molecule is CC[C@@H](C)n1ncc(C(=O)N2CCC(Nc3nccc(OC)n3)CC2)c1C. The number of piperidine rings is 1. The number of carbonyl (C=O) groups excluding carboxylic acids is 1. The number of aromatic nitrogens is 4. The molecule has 0 saturated carbocycles. The fourth-order valence-corrected chi connectivity index (χ4v) is 3.36. The summed E-state index contributed by atoms with van der Waals surface area (Å²) in [6, 6.07) is 2.25. The third kappa shape index (κ3) is 4.20. The number of hydrogen-bond acceptors (Lipinski definition) is 6. The molecule has 2 aromatic rings. The van der Waals surface area contributed by atoms with Gasteiger partial charge in [-0.2, -0.15) is 10.1 Å². The Balaban J connectivity index is 1.59. The second-order valence-corrected chi connectivity index (χ2v) is 6.98. The Kier molecular flexibility index (Phi) is 5.93. The minimum atomic E-state index is 0.0677. The highest BCUT2D eigenvalue weighted by Crippen LogP contribution is 2.21. The number of nitrogens with zero attached hydrogens (tertiary/aromatic N) is 5. The van der Waals surface area contributed by atoms with Crippen molar-refractivity contribution in [3.63, 3.8) is 0 Å². The van der Waals surface area contributed by atoms with Crippen molar-refractivity contribution in [3.8, 4) is 5.88 Å². The van der Waals surface area contributed by atoms with Gasteiger partial charge in [0.1, 0.15) is 0 Å². The molecule has 1 aliphatic heterocycles. The van der Waals surface area contributed by atoms with E-state index in [0.29, 0.717) is 36.5 Å². The van der Waals surface area contributed by atoms with Crippen molar-refractivity contribution in [3.05, 3.63) is 29.7 Å². The van der Waals surface area contributed by atoms with Crippen molar-refractivity contribution in [1.82, 2.24) is 24.6 Å². The molecule has 0 aromatic carbocycles. The van der Waals surface area contributed by atoms with Crippen molar-refractivity contribution in [2.24, 2.45) is 0 Å². The first kappa shape index (κ1) is 19.1. The number of ether oxygens (including phenoxy) is 1. The number of amides is 1. The van der Waals surface area contributed by atoms with Crippen LogP contribution in [0.4, 0.5) is 5.95 Å². The monoisotopic (exact) mass is 372 g/mol. The van der Waals surface area contributed by atoms with Crippen LogP contribution in [0.1, 0.15) is 55.2 Å². The van der Waals surface area contributed by atoms with Crippen molar-refractivity contribution >= 4 is 11.9 Å². The van der Waals surface area contributed by atoms with Crippen LogP contribution in [0, 0.1) is 6.92 Å². The number of anilines is 1. The highest BCUT2D eigenvalue weighted by atomic mass is 16.5. The topological polar surface area (TPSA) is 85.2 Å².